The third-order valence-electron chi connectivity index (χ3n) is 2.39. The van der Waals surface area contributed by atoms with Gasteiger partial charge in [-0.05, 0) is 12.8 Å². The van der Waals surface area contributed by atoms with Gasteiger partial charge in [0, 0.05) is 28.9 Å². The molecule has 0 spiro atoms. The Bertz CT molecular complexity index is 293. The third-order valence-corrected chi connectivity index (χ3v) is 3.94. The van der Waals surface area contributed by atoms with Crippen molar-refractivity contribution in [1.29, 1.82) is 0 Å². The van der Waals surface area contributed by atoms with Crippen LogP contribution < -0.4 is 11.1 Å². The van der Waals surface area contributed by atoms with Crippen molar-refractivity contribution in [2.24, 2.45) is 17.6 Å². The van der Waals surface area contributed by atoms with Crippen molar-refractivity contribution >= 4 is 33.9 Å². The summed E-state index contributed by atoms with van der Waals surface area (Å²) in [5.74, 6) is -0.563. The van der Waals surface area contributed by atoms with Crippen molar-refractivity contribution in [3.05, 3.63) is 0 Å². The zero-order valence-corrected chi connectivity index (χ0v) is 11.8. The Labute approximate surface area is 105 Å². The molecule has 0 radical (unpaired) electrons. The summed E-state index contributed by atoms with van der Waals surface area (Å²) in [6.07, 6.45) is 1.62. The fourth-order valence-corrected chi connectivity index (χ4v) is 1.93. The van der Waals surface area contributed by atoms with E-state index in [2.05, 4.69) is 5.32 Å². The van der Waals surface area contributed by atoms with Gasteiger partial charge < -0.3 is 11.1 Å². The fourth-order valence-electron chi connectivity index (χ4n) is 1.23. The molecule has 0 fully saturated rings. The van der Waals surface area contributed by atoms with Crippen molar-refractivity contribution in [2.45, 2.75) is 26.0 Å². The molecule has 1 amide bonds. The smallest absolute Gasteiger partial charge is 0.230 e. The summed E-state index contributed by atoms with van der Waals surface area (Å²) in [6, 6.07) is 0. The quantitative estimate of drug-likeness (QED) is 0.682. The number of thiocarbonyl (C=S) groups is 1. The zero-order chi connectivity index (χ0) is 12.9. The average Bonchev–Trinajstić information content (AvgIpc) is 2.12. The highest BCUT2D eigenvalue weighted by atomic mass is 32.2. The molecule has 3 unspecified atom stereocenters. The van der Waals surface area contributed by atoms with Crippen molar-refractivity contribution in [2.75, 3.05) is 12.8 Å². The van der Waals surface area contributed by atoms with Gasteiger partial charge in [0.05, 0.1) is 10.9 Å². The van der Waals surface area contributed by atoms with Crippen LogP contribution in [0.5, 0.6) is 0 Å². The van der Waals surface area contributed by atoms with Crippen molar-refractivity contribution < 1.29 is 9.00 Å². The molecule has 0 aliphatic rings. The predicted octanol–water partition coefficient (Wildman–Crippen LogP) is 0.428. The Morgan fingerprint density at radius 2 is 1.94 bits per heavy atom. The second kappa shape index (κ2) is 6.96. The van der Waals surface area contributed by atoms with E-state index in [1.54, 1.807) is 6.26 Å². The standard InChI is InChI=1S/C10H20N2O2S2/c1-6(2)8(9(11)15)10(13)12-5-7(3)16(4)14/h6-8H,5H2,1-4H3,(H2,11,15)(H,12,13). The monoisotopic (exact) mass is 264 g/mol. The Balaban J connectivity index is 4.33. The number of nitrogens with two attached hydrogens (primary N) is 1. The molecule has 6 heteroatoms. The Morgan fingerprint density at radius 1 is 1.44 bits per heavy atom. The summed E-state index contributed by atoms with van der Waals surface area (Å²) >= 11 is 4.86. The van der Waals surface area contributed by atoms with Crippen LogP contribution in [0, 0.1) is 11.8 Å². The summed E-state index contributed by atoms with van der Waals surface area (Å²) in [4.78, 5) is 12.0. The molecule has 4 nitrogen and oxygen atoms in total. The van der Waals surface area contributed by atoms with E-state index >= 15 is 0 Å². The lowest BCUT2D eigenvalue weighted by Gasteiger charge is -2.19. The van der Waals surface area contributed by atoms with Gasteiger partial charge >= 0.3 is 0 Å². The van der Waals surface area contributed by atoms with E-state index < -0.39 is 16.7 Å². The SMILES string of the molecule is CC(C)C(C(=O)NCC(C)S(C)=O)C(N)=S. The van der Waals surface area contributed by atoms with E-state index in [0.717, 1.165) is 0 Å². The van der Waals surface area contributed by atoms with Crippen LogP contribution in [0.15, 0.2) is 0 Å². The summed E-state index contributed by atoms with van der Waals surface area (Å²) in [5.41, 5.74) is 5.52. The molecular formula is C10H20N2O2S2. The first-order valence-corrected chi connectivity index (χ1v) is 7.19. The fraction of sp³-hybridized carbons (Fsp3) is 0.800. The number of hydrogen-bond acceptors (Lipinski definition) is 3. The molecule has 94 valence electrons. The predicted molar refractivity (Wildman–Crippen MR) is 71.7 cm³/mol. The molecule has 0 aromatic carbocycles. The second-order valence-electron chi connectivity index (χ2n) is 4.18. The van der Waals surface area contributed by atoms with Crippen LogP contribution in [0.4, 0.5) is 0 Å². The van der Waals surface area contributed by atoms with Crippen LogP contribution in [0.1, 0.15) is 20.8 Å². The normalized spacial score (nSPS) is 16.6. The highest BCUT2D eigenvalue weighted by molar-refractivity contribution is 7.84. The molecule has 0 aromatic heterocycles. The Hall–Kier alpha value is -0.490. The topological polar surface area (TPSA) is 72.2 Å². The van der Waals surface area contributed by atoms with Crippen LogP contribution in [-0.4, -0.2) is 33.2 Å². The second-order valence-corrected chi connectivity index (χ2v) is 6.45. The molecule has 0 aromatic rings. The van der Waals surface area contributed by atoms with E-state index in [0.29, 0.717) is 6.54 Å². The first-order valence-electron chi connectivity index (χ1n) is 5.16. The van der Waals surface area contributed by atoms with Crippen LogP contribution in [0.25, 0.3) is 0 Å². The molecule has 0 saturated heterocycles. The van der Waals surface area contributed by atoms with Gasteiger partial charge in [0.2, 0.25) is 5.91 Å². The zero-order valence-electron chi connectivity index (χ0n) is 10.1. The van der Waals surface area contributed by atoms with E-state index in [-0.39, 0.29) is 22.1 Å². The number of hydrogen-bond donors (Lipinski definition) is 2. The van der Waals surface area contributed by atoms with Crippen LogP contribution in [-0.2, 0) is 15.6 Å². The van der Waals surface area contributed by atoms with Gasteiger partial charge in [-0.3, -0.25) is 9.00 Å². The van der Waals surface area contributed by atoms with E-state index in [9.17, 15) is 9.00 Å². The Kier molecular flexibility index (Phi) is 6.74. The van der Waals surface area contributed by atoms with Crippen molar-refractivity contribution in [1.82, 2.24) is 5.32 Å². The van der Waals surface area contributed by atoms with Gasteiger partial charge in [0.25, 0.3) is 0 Å². The number of carbonyl (C=O) groups is 1. The lowest BCUT2D eigenvalue weighted by molar-refractivity contribution is -0.123. The first kappa shape index (κ1) is 15.5. The minimum Gasteiger partial charge on any atom is -0.393 e. The van der Waals surface area contributed by atoms with Crippen LogP contribution >= 0.6 is 12.2 Å². The summed E-state index contributed by atoms with van der Waals surface area (Å²) in [7, 11) is -0.940. The lowest BCUT2D eigenvalue weighted by atomic mass is 9.95. The van der Waals surface area contributed by atoms with Gasteiger partial charge in [-0.15, -0.1) is 0 Å². The Morgan fingerprint density at radius 3 is 2.25 bits per heavy atom. The van der Waals surface area contributed by atoms with Crippen molar-refractivity contribution in [3.63, 3.8) is 0 Å². The molecule has 0 aliphatic heterocycles. The minimum absolute atomic E-state index is 0.0666. The van der Waals surface area contributed by atoms with Gasteiger partial charge in [-0.25, -0.2) is 0 Å². The molecule has 16 heavy (non-hydrogen) atoms. The maximum absolute atomic E-state index is 11.8. The van der Waals surface area contributed by atoms with E-state index in [1.807, 2.05) is 20.8 Å². The van der Waals surface area contributed by atoms with Gasteiger partial charge in [0.15, 0.2) is 0 Å². The molecule has 3 atom stereocenters. The van der Waals surface area contributed by atoms with E-state index in [1.165, 1.54) is 0 Å². The molecule has 0 rings (SSSR count). The lowest BCUT2D eigenvalue weighted by Crippen LogP contribution is -2.43. The molecule has 0 aliphatic carbocycles. The number of carbonyl (C=O) groups excluding carboxylic acids is 1. The summed E-state index contributed by atoms with van der Waals surface area (Å²) < 4.78 is 11.1. The first-order chi connectivity index (χ1) is 7.27. The summed E-state index contributed by atoms with van der Waals surface area (Å²) in [6.45, 7) is 5.99. The number of rotatable bonds is 6. The van der Waals surface area contributed by atoms with Gasteiger partial charge in [-0.2, -0.15) is 0 Å². The maximum Gasteiger partial charge on any atom is 0.230 e. The third kappa shape index (κ3) is 5.03. The highest BCUT2D eigenvalue weighted by Crippen LogP contribution is 2.11. The minimum atomic E-state index is -0.940. The van der Waals surface area contributed by atoms with Crippen LogP contribution in [0.3, 0.4) is 0 Å². The average molecular weight is 264 g/mol. The summed E-state index contributed by atoms with van der Waals surface area (Å²) in [5, 5.41) is 2.66. The van der Waals surface area contributed by atoms with Crippen LogP contribution in [0.2, 0.25) is 0 Å². The highest BCUT2D eigenvalue weighted by Gasteiger charge is 2.25. The van der Waals surface area contributed by atoms with E-state index in [4.69, 9.17) is 18.0 Å². The molecule has 0 saturated carbocycles. The molecule has 3 N–H and O–H groups in total. The largest absolute Gasteiger partial charge is 0.393 e. The number of amides is 1. The van der Waals surface area contributed by atoms with Crippen molar-refractivity contribution in [3.8, 4) is 0 Å². The number of nitrogens with one attached hydrogen (secondary N) is 1. The molecule has 0 bridgehead atoms. The molecular weight excluding hydrogens is 244 g/mol. The van der Waals surface area contributed by atoms with Gasteiger partial charge in [-0.1, -0.05) is 26.1 Å². The maximum atomic E-state index is 11.8. The molecule has 0 heterocycles. The van der Waals surface area contributed by atoms with Gasteiger partial charge in [0.1, 0.15) is 0 Å².